The maximum atomic E-state index is 11.4. The molecule has 1 saturated carbocycles. The first-order valence-corrected chi connectivity index (χ1v) is 17.4. The molecule has 2 heterocycles. The minimum atomic E-state index is -4.04. The van der Waals surface area contributed by atoms with Crippen LogP contribution in [-0.4, -0.2) is 25.3 Å². The molecule has 1 aromatic heterocycles. The van der Waals surface area contributed by atoms with Crippen LogP contribution in [0.15, 0.2) is 90.3 Å². The number of aromatic nitrogens is 1. The van der Waals surface area contributed by atoms with Gasteiger partial charge in [-0.2, -0.15) is 13.0 Å². The molecule has 0 bridgehead atoms. The lowest BCUT2D eigenvalue weighted by Crippen LogP contribution is -2.33. The first-order valence-electron chi connectivity index (χ1n) is 15.0. The fourth-order valence-corrected chi connectivity index (χ4v) is 8.42. The van der Waals surface area contributed by atoms with E-state index in [2.05, 4.69) is 80.0 Å². The number of fused-ring (bicyclic) bond motifs is 4. The van der Waals surface area contributed by atoms with Crippen molar-refractivity contribution < 1.29 is 22.3 Å². The number of ether oxygens (including phenoxy) is 1. The molecule has 43 heavy (non-hydrogen) atoms. The van der Waals surface area contributed by atoms with E-state index in [0.29, 0.717) is 18.3 Å². The number of rotatable bonds is 8. The number of hydrogen-bond donors (Lipinski definition) is 1. The Morgan fingerprint density at radius 2 is 1.91 bits per heavy atom. The van der Waals surface area contributed by atoms with Crippen molar-refractivity contribution in [2.45, 2.75) is 53.0 Å². The lowest BCUT2D eigenvalue weighted by atomic mass is 9.70. The Balaban J connectivity index is 1.26. The van der Waals surface area contributed by atoms with Gasteiger partial charge in [0.15, 0.2) is 5.75 Å². The predicted octanol–water partition coefficient (Wildman–Crippen LogP) is 8.15. The number of anilines is 1. The summed E-state index contributed by atoms with van der Waals surface area (Å²) in [7, 11) is -4.04. The first-order chi connectivity index (χ1) is 20.6. The Morgan fingerprint density at radius 1 is 1.12 bits per heavy atom. The largest absolute Gasteiger partial charge is 0.439 e. The van der Waals surface area contributed by atoms with Gasteiger partial charge in [0, 0.05) is 24.1 Å². The number of thiazole rings is 1. The summed E-state index contributed by atoms with van der Waals surface area (Å²) in [6.07, 6.45) is 12.3. The summed E-state index contributed by atoms with van der Waals surface area (Å²) in [5.74, 6) is 1.52. The molecular formula is C35H39N2O4S2+. The third-order valence-corrected chi connectivity index (χ3v) is 10.3. The van der Waals surface area contributed by atoms with Gasteiger partial charge in [-0.15, -0.1) is 0 Å². The lowest BCUT2D eigenvalue weighted by molar-refractivity contribution is -0.665. The van der Waals surface area contributed by atoms with Crippen molar-refractivity contribution in [2.24, 2.45) is 11.3 Å². The normalized spacial score (nSPS) is 20.5. The van der Waals surface area contributed by atoms with Gasteiger partial charge in [-0.1, -0.05) is 85.4 Å². The zero-order valence-electron chi connectivity index (χ0n) is 25.0. The van der Waals surface area contributed by atoms with Crippen molar-refractivity contribution in [1.29, 1.82) is 0 Å². The second-order valence-electron chi connectivity index (χ2n) is 12.4. The van der Waals surface area contributed by atoms with E-state index in [-0.39, 0.29) is 17.6 Å². The van der Waals surface area contributed by atoms with E-state index >= 15 is 0 Å². The molecule has 0 saturated heterocycles. The molecular weight excluding hydrogens is 577 g/mol. The summed E-state index contributed by atoms with van der Waals surface area (Å²) in [6.45, 7) is 8.29. The molecule has 1 atom stereocenters. The van der Waals surface area contributed by atoms with Crippen LogP contribution < -0.4 is 14.2 Å². The Labute approximate surface area is 258 Å². The zero-order chi connectivity index (χ0) is 30.2. The van der Waals surface area contributed by atoms with E-state index in [1.54, 1.807) is 0 Å². The predicted molar refractivity (Wildman–Crippen MR) is 177 cm³/mol. The van der Waals surface area contributed by atoms with Gasteiger partial charge in [0.25, 0.3) is 15.1 Å². The number of nitrogens with zero attached hydrogens (tertiary/aromatic N) is 2. The van der Waals surface area contributed by atoms with Gasteiger partial charge >= 0.3 is 0 Å². The zero-order valence-corrected chi connectivity index (χ0v) is 26.6. The third kappa shape index (κ3) is 6.56. The van der Waals surface area contributed by atoms with E-state index < -0.39 is 10.1 Å². The van der Waals surface area contributed by atoms with Crippen LogP contribution in [0.4, 0.5) is 5.69 Å². The fourth-order valence-electron chi connectivity index (χ4n) is 6.70. The Morgan fingerprint density at radius 3 is 2.72 bits per heavy atom. The van der Waals surface area contributed by atoms with Gasteiger partial charge < -0.3 is 9.64 Å². The molecule has 224 valence electrons. The smallest absolute Gasteiger partial charge is 0.264 e. The van der Waals surface area contributed by atoms with E-state index in [9.17, 15) is 13.0 Å². The van der Waals surface area contributed by atoms with Crippen molar-refractivity contribution in [3.63, 3.8) is 0 Å². The quantitative estimate of drug-likeness (QED) is 0.160. The standard InChI is InChI=1S/C35H38N2O4S2/c1-4-36-29-14-7-8-15-31(29)42-33(36)22-26-21-25(23-35(2,3)24-26)11-9-16-32-37(19-10-20-43(38,39)40)34-28-13-6-5-12-27(28)17-18-30(34)41-32/h5-9,11-18,22,25H,4,10,19-21,23-24H2,1-3H3/p+1. The minimum Gasteiger partial charge on any atom is -0.439 e. The number of para-hydroxylation sites is 1. The molecule has 1 aliphatic heterocycles. The van der Waals surface area contributed by atoms with Crippen molar-refractivity contribution in [1.82, 2.24) is 0 Å². The monoisotopic (exact) mass is 615 g/mol. The highest BCUT2D eigenvalue weighted by molar-refractivity contribution is 7.85. The molecule has 1 unspecified atom stereocenters. The summed E-state index contributed by atoms with van der Waals surface area (Å²) >= 11 is 1.86. The van der Waals surface area contributed by atoms with Crippen molar-refractivity contribution in [3.05, 3.63) is 95.4 Å². The van der Waals surface area contributed by atoms with Crippen molar-refractivity contribution >= 4 is 54.2 Å². The molecule has 1 fully saturated rings. The van der Waals surface area contributed by atoms with Crippen LogP contribution in [0.3, 0.4) is 0 Å². The molecule has 8 heteroatoms. The highest BCUT2D eigenvalue weighted by atomic mass is 32.2. The summed E-state index contributed by atoms with van der Waals surface area (Å²) in [4.78, 5) is 2.04. The summed E-state index contributed by atoms with van der Waals surface area (Å²) < 4.78 is 42.3. The van der Waals surface area contributed by atoms with Gasteiger partial charge in [0.1, 0.15) is 11.2 Å². The maximum Gasteiger partial charge on any atom is 0.264 e. The van der Waals surface area contributed by atoms with Crippen LogP contribution in [0, 0.1) is 11.3 Å². The topological polar surface area (TPSA) is 70.7 Å². The molecule has 2 aliphatic rings. The lowest BCUT2D eigenvalue weighted by Gasteiger charge is -2.35. The summed E-state index contributed by atoms with van der Waals surface area (Å²) in [5, 5.41) is 3.45. The molecule has 3 aromatic carbocycles. The van der Waals surface area contributed by atoms with Gasteiger partial charge in [-0.3, -0.25) is 4.55 Å². The molecule has 0 spiro atoms. The Hall–Kier alpha value is -3.46. The Kier molecular flexibility index (Phi) is 8.20. The number of allylic oxidation sites excluding steroid dienone is 4. The van der Waals surface area contributed by atoms with E-state index in [0.717, 1.165) is 48.0 Å². The van der Waals surface area contributed by atoms with E-state index in [4.69, 9.17) is 4.74 Å². The van der Waals surface area contributed by atoms with Gasteiger partial charge in [0.05, 0.1) is 11.4 Å². The average molecular weight is 616 g/mol. The van der Waals surface area contributed by atoms with Crippen LogP contribution in [-0.2, 0) is 16.7 Å². The van der Waals surface area contributed by atoms with Gasteiger partial charge in [-0.25, -0.2) is 0 Å². The van der Waals surface area contributed by atoms with Crippen LogP contribution in [0.2, 0.25) is 0 Å². The van der Waals surface area contributed by atoms with E-state index in [1.165, 1.54) is 20.8 Å². The SMILES string of the molecule is CC[n+]1c(C=C2CC(C=CC=C3Oc4ccc5ccccc5c4N3CCCS(=O)(=O)O)CC(C)(C)C2)sc2ccccc21. The highest BCUT2D eigenvalue weighted by Crippen LogP contribution is 2.45. The second-order valence-corrected chi connectivity index (χ2v) is 15.0. The van der Waals surface area contributed by atoms with Crippen LogP contribution in [0.5, 0.6) is 5.75 Å². The molecule has 0 amide bonds. The van der Waals surface area contributed by atoms with Gasteiger partial charge in [0.2, 0.25) is 11.4 Å². The molecule has 4 aromatic rings. The fraction of sp³-hybridized carbons (Fsp3) is 0.343. The first kappa shape index (κ1) is 29.6. The number of benzene rings is 3. The van der Waals surface area contributed by atoms with Crippen molar-refractivity contribution in [2.75, 3.05) is 17.2 Å². The Bertz CT molecular complexity index is 1870. The van der Waals surface area contributed by atoms with Crippen molar-refractivity contribution in [3.8, 4) is 5.75 Å². The summed E-state index contributed by atoms with van der Waals surface area (Å²) in [5.41, 5.74) is 3.91. The minimum absolute atomic E-state index is 0.195. The molecule has 1 aliphatic carbocycles. The van der Waals surface area contributed by atoms with E-state index in [1.807, 2.05) is 46.6 Å². The number of hydrogen-bond acceptors (Lipinski definition) is 5. The van der Waals surface area contributed by atoms with Crippen LogP contribution in [0.1, 0.15) is 51.5 Å². The molecule has 6 rings (SSSR count). The number of aryl methyl sites for hydroxylation is 1. The molecule has 0 radical (unpaired) electrons. The van der Waals surface area contributed by atoms with Gasteiger partial charge in [-0.05, 0) is 67.5 Å². The average Bonchev–Trinajstić information content (AvgIpc) is 3.48. The summed E-state index contributed by atoms with van der Waals surface area (Å²) in [6, 6.07) is 20.8. The van der Waals surface area contributed by atoms with Crippen LogP contribution >= 0.6 is 11.3 Å². The van der Waals surface area contributed by atoms with Crippen LogP contribution in [0.25, 0.3) is 27.1 Å². The molecule has 1 N–H and O–H groups in total. The third-order valence-electron chi connectivity index (χ3n) is 8.35. The maximum absolute atomic E-state index is 11.4. The molecule has 6 nitrogen and oxygen atoms in total. The highest BCUT2D eigenvalue weighted by Gasteiger charge is 2.31. The second kappa shape index (κ2) is 11.9.